The third kappa shape index (κ3) is 4.55. The lowest BCUT2D eigenvalue weighted by atomic mass is 9.98. The Balaban J connectivity index is 1.27. The largest absolute Gasteiger partial charge is 0.341 e. The molecule has 2 aromatic rings. The number of likely N-dealkylation sites (tertiary alicyclic amines) is 1. The number of hydrogen-bond acceptors (Lipinski definition) is 4. The molecule has 0 bridgehead atoms. The third-order valence-electron chi connectivity index (χ3n) is 5.95. The van der Waals surface area contributed by atoms with E-state index in [9.17, 15) is 17.6 Å². The van der Waals surface area contributed by atoms with Gasteiger partial charge < -0.3 is 4.90 Å². The SMILES string of the molecule is O=C(CCNS(=O)(=O)c1ccccc1F)N1CCC(N2CCc3ccccc3C2)C1. The molecule has 0 saturated carbocycles. The van der Waals surface area contributed by atoms with E-state index in [2.05, 4.69) is 33.9 Å². The maximum absolute atomic E-state index is 13.7. The summed E-state index contributed by atoms with van der Waals surface area (Å²) >= 11 is 0. The number of hydrogen-bond donors (Lipinski definition) is 1. The molecule has 4 rings (SSSR count). The standard InChI is InChI=1S/C22H26FN3O3S/c23-20-7-3-4-8-21(20)30(28,29)24-12-9-22(27)26-14-11-19(16-26)25-13-10-17-5-1-2-6-18(17)15-25/h1-8,19,24H,9-16H2. The predicted molar refractivity (Wildman–Crippen MR) is 112 cm³/mol. The van der Waals surface area contributed by atoms with Gasteiger partial charge in [0, 0.05) is 45.2 Å². The fourth-order valence-corrected chi connectivity index (χ4v) is 5.40. The number of sulfonamides is 1. The highest BCUT2D eigenvalue weighted by Gasteiger charge is 2.32. The van der Waals surface area contributed by atoms with Gasteiger partial charge in [-0.25, -0.2) is 17.5 Å². The molecule has 1 fully saturated rings. The molecule has 1 N–H and O–H groups in total. The van der Waals surface area contributed by atoms with E-state index in [1.165, 1.54) is 29.3 Å². The van der Waals surface area contributed by atoms with Crippen LogP contribution in [-0.2, 0) is 27.8 Å². The summed E-state index contributed by atoms with van der Waals surface area (Å²) < 4.78 is 40.5. The smallest absolute Gasteiger partial charge is 0.243 e. The Morgan fingerprint density at radius 2 is 1.80 bits per heavy atom. The first kappa shape index (κ1) is 21.0. The molecule has 2 aliphatic rings. The predicted octanol–water partition coefficient (Wildman–Crippen LogP) is 2.15. The van der Waals surface area contributed by atoms with Crippen LogP contribution in [0.4, 0.5) is 4.39 Å². The van der Waals surface area contributed by atoms with Gasteiger partial charge in [-0.2, -0.15) is 0 Å². The van der Waals surface area contributed by atoms with Crippen LogP contribution in [0.25, 0.3) is 0 Å². The fourth-order valence-electron chi connectivity index (χ4n) is 4.29. The Hall–Kier alpha value is -2.29. The molecule has 2 aliphatic heterocycles. The number of rotatable bonds is 6. The average Bonchev–Trinajstić information content (AvgIpc) is 3.24. The Bertz CT molecular complexity index is 1030. The zero-order valence-electron chi connectivity index (χ0n) is 16.8. The van der Waals surface area contributed by atoms with Crippen LogP contribution in [0.1, 0.15) is 24.0 Å². The van der Waals surface area contributed by atoms with Gasteiger partial charge >= 0.3 is 0 Å². The first-order valence-corrected chi connectivity index (χ1v) is 11.7. The van der Waals surface area contributed by atoms with Crippen LogP contribution in [0.2, 0.25) is 0 Å². The highest BCUT2D eigenvalue weighted by molar-refractivity contribution is 7.89. The van der Waals surface area contributed by atoms with E-state index in [-0.39, 0.29) is 18.9 Å². The minimum absolute atomic E-state index is 0.0479. The molecule has 1 amide bonds. The second kappa shape index (κ2) is 8.83. The van der Waals surface area contributed by atoms with Gasteiger partial charge in [0.15, 0.2) is 0 Å². The second-order valence-corrected chi connectivity index (χ2v) is 9.59. The van der Waals surface area contributed by atoms with Gasteiger partial charge in [-0.15, -0.1) is 0 Å². The normalized spacial score (nSPS) is 19.6. The quantitative estimate of drug-likeness (QED) is 0.761. The summed E-state index contributed by atoms with van der Waals surface area (Å²) in [6, 6.07) is 14.0. The van der Waals surface area contributed by atoms with Gasteiger partial charge in [0.05, 0.1) is 0 Å². The number of amides is 1. The Labute approximate surface area is 176 Å². The van der Waals surface area contributed by atoms with Crippen molar-refractivity contribution >= 4 is 15.9 Å². The van der Waals surface area contributed by atoms with E-state index in [0.29, 0.717) is 19.1 Å². The number of nitrogens with zero attached hydrogens (tertiary/aromatic N) is 2. The van der Waals surface area contributed by atoms with Gasteiger partial charge in [0.25, 0.3) is 0 Å². The van der Waals surface area contributed by atoms with Crippen LogP contribution in [0.3, 0.4) is 0 Å². The van der Waals surface area contributed by atoms with E-state index in [0.717, 1.165) is 32.0 Å². The number of benzene rings is 2. The molecule has 30 heavy (non-hydrogen) atoms. The fraction of sp³-hybridized carbons (Fsp3) is 0.409. The van der Waals surface area contributed by atoms with Crippen molar-refractivity contribution in [2.75, 3.05) is 26.2 Å². The number of nitrogens with one attached hydrogen (secondary N) is 1. The van der Waals surface area contributed by atoms with Crippen molar-refractivity contribution in [3.8, 4) is 0 Å². The minimum Gasteiger partial charge on any atom is -0.341 e. The molecule has 2 aromatic carbocycles. The van der Waals surface area contributed by atoms with Crippen LogP contribution >= 0.6 is 0 Å². The van der Waals surface area contributed by atoms with Crippen molar-refractivity contribution in [2.45, 2.75) is 36.7 Å². The van der Waals surface area contributed by atoms with Crippen molar-refractivity contribution in [1.29, 1.82) is 0 Å². The molecule has 2 heterocycles. The summed E-state index contributed by atoms with van der Waals surface area (Å²) in [5, 5.41) is 0. The zero-order chi connectivity index (χ0) is 21.1. The average molecular weight is 432 g/mol. The third-order valence-corrected chi connectivity index (χ3v) is 7.44. The molecular weight excluding hydrogens is 405 g/mol. The Kier molecular flexibility index (Phi) is 6.17. The molecule has 0 aliphatic carbocycles. The molecule has 1 atom stereocenters. The molecular formula is C22H26FN3O3S. The maximum Gasteiger partial charge on any atom is 0.243 e. The monoisotopic (exact) mass is 431 g/mol. The van der Waals surface area contributed by atoms with E-state index in [1.54, 1.807) is 0 Å². The summed E-state index contributed by atoms with van der Waals surface area (Å²) in [6.07, 6.45) is 2.01. The van der Waals surface area contributed by atoms with Crippen LogP contribution in [0.5, 0.6) is 0 Å². The van der Waals surface area contributed by atoms with Crippen molar-refractivity contribution in [3.63, 3.8) is 0 Å². The van der Waals surface area contributed by atoms with Gasteiger partial charge in [0.1, 0.15) is 10.7 Å². The minimum atomic E-state index is -3.97. The molecule has 0 aromatic heterocycles. The van der Waals surface area contributed by atoms with Gasteiger partial charge in [-0.05, 0) is 36.1 Å². The molecule has 0 radical (unpaired) electrons. The maximum atomic E-state index is 13.7. The zero-order valence-corrected chi connectivity index (χ0v) is 17.6. The van der Waals surface area contributed by atoms with Gasteiger partial charge in [-0.3, -0.25) is 9.69 Å². The van der Waals surface area contributed by atoms with Crippen molar-refractivity contribution in [2.24, 2.45) is 0 Å². The van der Waals surface area contributed by atoms with Crippen LogP contribution in [0, 0.1) is 5.82 Å². The van der Waals surface area contributed by atoms with Crippen LogP contribution < -0.4 is 4.72 Å². The van der Waals surface area contributed by atoms with Crippen molar-refractivity contribution in [1.82, 2.24) is 14.5 Å². The molecule has 160 valence electrons. The molecule has 8 heteroatoms. The highest BCUT2D eigenvalue weighted by Crippen LogP contribution is 2.24. The lowest BCUT2D eigenvalue weighted by Crippen LogP contribution is -2.42. The van der Waals surface area contributed by atoms with Gasteiger partial charge in [-0.1, -0.05) is 36.4 Å². The highest BCUT2D eigenvalue weighted by atomic mass is 32.2. The summed E-state index contributed by atoms with van der Waals surface area (Å²) in [5.74, 6) is -0.882. The van der Waals surface area contributed by atoms with Crippen molar-refractivity contribution < 1.29 is 17.6 Å². The Morgan fingerprint density at radius 1 is 1.07 bits per heavy atom. The summed E-state index contributed by atoms with van der Waals surface area (Å²) in [7, 11) is -3.97. The van der Waals surface area contributed by atoms with Gasteiger partial charge in [0.2, 0.25) is 15.9 Å². The molecule has 6 nitrogen and oxygen atoms in total. The topological polar surface area (TPSA) is 69.7 Å². The second-order valence-electron chi connectivity index (χ2n) is 7.85. The molecule has 1 saturated heterocycles. The number of carbonyl (C=O) groups is 1. The van der Waals surface area contributed by atoms with Crippen LogP contribution in [-0.4, -0.2) is 56.3 Å². The number of halogens is 1. The molecule has 1 unspecified atom stereocenters. The van der Waals surface area contributed by atoms with E-state index in [1.807, 2.05) is 4.90 Å². The molecule has 0 spiro atoms. The summed E-state index contributed by atoms with van der Waals surface area (Å²) in [4.78, 5) is 16.4. The van der Waals surface area contributed by atoms with Crippen LogP contribution in [0.15, 0.2) is 53.4 Å². The van der Waals surface area contributed by atoms with Crippen molar-refractivity contribution in [3.05, 3.63) is 65.5 Å². The lowest BCUT2D eigenvalue weighted by molar-refractivity contribution is -0.130. The number of fused-ring (bicyclic) bond motifs is 1. The summed E-state index contributed by atoms with van der Waals surface area (Å²) in [6.45, 7) is 3.20. The van der Waals surface area contributed by atoms with E-state index < -0.39 is 20.7 Å². The Morgan fingerprint density at radius 3 is 2.60 bits per heavy atom. The first-order valence-electron chi connectivity index (χ1n) is 10.3. The summed E-state index contributed by atoms with van der Waals surface area (Å²) in [5.41, 5.74) is 2.76. The van der Waals surface area contributed by atoms with E-state index in [4.69, 9.17) is 0 Å². The first-order chi connectivity index (χ1) is 14.4. The number of carbonyl (C=O) groups excluding carboxylic acids is 1. The van der Waals surface area contributed by atoms with E-state index >= 15 is 0 Å². The lowest BCUT2D eigenvalue weighted by Gasteiger charge is -2.33.